The van der Waals surface area contributed by atoms with Gasteiger partial charge in [0.15, 0.2) is 0 Å². The van der Waals surface area contributed by atoms with Gasteiger partial charge in [-0.3, -0.25) is 0 Å². The minimum atomic E-state index is -0.132. The van der Waals surface area contributed by atoms with Gasteiger partial charge in [0.2, 0.25) is 0 Å². The van der Waals surface area contributed by atoms with Gasteiger partial charge in [0.25, 0.3) is 0 Å². The van der Waals surface area contributed by atoms with Crippen molar-refractivity contribution >= 4 is 0 Å². The molecule has 112 valence electrons. The summed E-state index contributed by atoms with van der Waals surface area (Å²) in [7, 11) is 0. The van der Waals surface area contributed by atoms with Crippen molar-refractivity contribution in [3.8, 4) is 5.75 Å². The second kappa shape index (κ2) is 6.77. The number of rotatable bonds is 5. The maximum Gasteiger partial charge on any atom is 0.120 e. The Morgan fingerprint density at radius 2 is 1.48 bits per heavy atom. The van der Waals surface area contributed by atoms with Gasteiger partial charge in [-0.2, -0.15) is 0 Å². The highest BCUT2D eigenvalue weighted by Crippen LogP contribution is 2.26. The number of benzene rings is 2. The molecule has 2 N–H and O–H groups in total. The summed E-state index contributed by atoms with van der Waals surface area (Å²) in [6.45, 7) is 8.47. The molecule has 0 bridgehead atoms. The van der Waals surface area contributed by atoms with Gasteiger partial charge in [0.05, 0.1) is 6.04 Å². The highest BCUT2D eigenvalue weighted by molar-refractivity contribution is 5.33. The molecule has 0 amide bonds. The van der Waals surface area contributed by atoms with Crippen molar-refractivity contribution < 1.29 is 4.74 Å². The zero-order valence-corrected chi connectivity index (χ0v) is 13.3. The van der Waals surface area contributed by atoms with Gasteiger partial charge in [0.1, 0.15) is 11.9 Å². The van der Waals surface area contributed by atoms with Crippen molar-refractivity contribution in [2.45, 2.75) is 39.8 Å². The summed E-state index contributed by atoms with van der Waals surface area (Å²) >= 11 is 0. The lowest BCUT2D eigenvalue weighted by Crippen LogP contribution is -2.35. The molecule has 2 aromatic carbocycles. The molecule has 0 saturated carbocycles. The molecule has 0 aromatic heterocycles. The summed E-state index contributed by atoms with van der Waals surface area (Å²) in [6, 6.07) is 16.3. The van der Waals surface area contributed by atoms with E-state index in [1.54, 1.807) is 0 Å². The first kappa shape index (κ1) is 15.6. The van der Waals surface area contributed by atoms with E-state index in [2.05, 4.69) is 58.0 Å². The summed E-state index contributed by atoms with van der Waals surface area (Å²) in [6.07, 6.45) is -0.0476. The van der Waals surface area contributed by atoms with Crippen LogP contribution in [0.5, 0.6) is 5.75 Å². The van der Waals surface area contributed by atoms with Crippen LogP contribution in [0.3, 0.4) is 0 Å². The third kappa shape index (κ3) is 4.08. The highest BCUT2D eigenvalue weighted by atomic mass is 16.5. The van der Waals surface area contributed by atoms with E-state index in [0.717, 1.165) is 11.3 Å². The fourth-order valence-corrected chi connectivity index (χ4v) is 2.65. The Bertz CT molecular complexity index is 557. The molecule has 0 radical (unpaired) electrons. The van der Waals surface area contributed by atoms with Crippen LogP contribution in [0.2, 0.25) is 0 Å². The quantitative estimate of drug-likeness (QED) is 0.882. The van der Waals surface area contributed by atoms with E-state index in [4.69, 9.17) is 10.5 Å². The van der Waals surface area contributed by atoms with Gasteiger partial charge >= 0.3 is 0 Å². The van der Waals surface area contributed by atoms with E-state index in [0.29, 0.717) is 5.92 Å². The predicted octanol–water partition coefficient (Wildman–Crippen LogP) is 4.41. The summed E-state index contributed by atoms with van der Waals surface area (Å²) in [5, 5.41) is 0. The average molecular weight is 283 g/mol. The molecule has 2 unspecified atom stereocenters. The Balaban J connectivity index is 2.23. The standard InChI is InChI=1S/C19H25NO/c1-13(2)19(18(20)16-8-6-5-7-9-16)21-17-11-14(3)10-15(4)12-17/h5-13,18-19H,20H2,1-4H3. The van der Waals surface area contributed by atoms with E-state index in [1.807, 2.05) is 18.2 Å². The maximum atomic E-state index is 6.44. The smallest absolute Gasteiger partial charge is 0.120 e. The van der Waals surface area contributed by atoms with Crippen LogP contribution in [-0.4, -0.2) is 6.10 Å². The molecule has 0 aliphatic rings. The average Bonchev–Trinajstić information content (AvgIpc) is 2.43. The van der Waals surface area contributed by atoms with Crippen molar-refractivity contribution in [3.63, 3.8) is 0 Å². The van der Waals surface area contributed by atoms with E-state index in [1.165, 1.54) is 11.1 Å². The van der Waals surface area contributed by atoms with Gasteiger partial charge in [-0.15, -0.1) is 0 Å². The first-order valence-corrected chi connectivity index (χ1v) is 7.53. The van der Waals surface area contributed by atoms with Crippen molar-refractivity contribution in [3.05, 3.63) is 65.2 Å². The molecular formula is C19H25NO. The summed E-state index contributed by atoms with van der Waals surface area (Å²) in [4.78, 5) is 0. The molecule has 0 fully saturated rings. The number of nitrogens with two attached hydrogens (primary N) is 1. The van der Waals surface area contributed by atoms with Gasteiger partial charge in [0, 0.05) is 0 Å². The lowest BCUT2D eigenvalue weighted by Gasteiger charge is -2.29. The molecular weight excluding hydrogens is 258 g/mol. The van der Waals surface area contributed by atoms with E-state index < -0.39 is 0 Å². The van der Waals surface area contributed by atoms with Crippen LogP contribution in [0.4, 0.5) is 0 Å². The SMILES string of the molecule is Cc1cc(C)cc(OC(C(C)C)C(N)c2ccccc2)c1. The molecule has 0 spiro atoms. The Morgan fingerprint density at radius 3 is 2.00 bits per heavy atom. The van der Waals surface area contributed by atoms with Gasteiger partial charge < -0.3 is 10.5 Å². The summed E-state index contributed by atoms with van der Waals surface area (Å²) in [5.41, 5.74) is 9.97. The minimum absolute atomic E-state index is 0.0476. The Hall–Kier alpha value is -1.80. The molecule has 0 aliphatic heterocycles. The largest absolute Gasteiger partial charge is 0.488 e. The Morgan fingerprint density at radius 1 is 0.905 bits per heavy atom. The Labute approximate surface area is 127 Å². The normalized spacial score (nSPS) is 14.0. The second-order valence-corrected chi connectivity index (χ2v) is 6.09. The van der Waals surface area contributed by atoms with Crippen LogP contribution in [0, 0.1) is 19.8 Å². The van der Waals surface area contributed by atoms with Crippen molar-refractivity contribution in [1.82, 2.24) is 0 Å². The number of hydrogen-bond acceptors (Lipinski definition) is 2. The van der Waals surface area contributed by atoms with Crippen LogP contribution in [0.1, 0.15) is 36.6 Å². The minimum Gasteiger partial charge on any atom is -0.488 e. The monoisotopic (exact) mass is 283 g/mol. The molecule has 0 heterocycles. The predicted molar refractivity (Wildman–Crippen MR) is 88.5 cm³/mol. The summed E-state index contributed by atoms with van der Waals surface area (Å²) < 4.78 is 6.23. The fourth-order valence-electron chi connectivity index (χ4n) is 2.65. The van der Waals surface area contributed by atoms with E-state index >= 15 is 0 Å². The van der Waals surface area contributed by atoms with E-state index in [-0.39, 0.29) is 12.1 Å². The third-order valence-electron chi connectivity index (χ3n) is 3.66. The molecule has 0 saturated heterocycles. The number of ether oxygens (including phenoxy) is 1. The lowest BCUT2D eigenvalue weighted by atomic mass is 9.94. The number of aryl methyl sites for hydroxylation is 2. The topological polar surface area (TPSA) is 35.2 Å². The molecule has 21 heavy (non-hydrogen) atoms. The molecule has 2 aromatic rings. The van der Waals surface area contributed by atoms with E-state index in [9.17, 15) is 0 Å². The van der Waals surface area contributed by atoms with Crippen LogP contribution in [-0.2, 0) is 0 Å². The zero-order chi connectivity index (χ0) is 15.4. The van der Waals surface area contributed by atoms with Crippen LogP contribution in [0.15, 0.2) is 48.5 Å². The van der Waals surface area contributed by atoms with Crippen LogP contribution < -0.4 is 10.5 Å². The fraction of sp³-hybridized carbons (Fsp3) is 0.368. The van der Waals surface area contributed by atoms with Gasteiger partial charge in [-0.25, -0.2) is 0 Å². The highest BCUT2D eigenvalue weighted by Gasteiger charge is 2.24. The van der Waals surface area contributed by atoms with Gasteiger partial charge in [-0.05, 0) is 48.6 Å². The first-order chi connectivity index (χ1) is 9.97. The molecule has 2 atom stereocenters. The molecule has 2 nitrogen and oxygen atoms in total. The van der Waals surface area contributed by atoms with Crippen LogP contribution >= 0.6 is 0 Å². The molecule has 2 rings (SSSR count). The zero-order valence-electron chi connectivity index (χ0n) is 13.3. The van der Waals surface area contributed by atoms with Gasteiger partial charge in [-0.1, -0.05) is 50.2 Å². The second-order valence-electron chi connectivity index (χ2n) is 6.09. The molecule has 0 aliphatic carbocycles. The van der Waals surface area contributed by atoms with Crippen molar-refractivity contribution in [1.29, 1.82) is 0 Å². The first-order valence-electron chi connectivity index (χ1n) is 7.53. The van der Waals surface area contributed by atoms with Crippen molar-refractivity contribution in [2.24, 2.45) is 11.7 Å². The molecule has 2 heteroatoms. The number of hydrogen-bond donors (Lipinski definition) is 1. The lowest BCUT2D eigenvalue weighted by molar-refractivity contribution is 0.123. The maximum absolute atomic E-state index is 6.44. The third-order valence-corrected chi connectivity index (χ3v) is 3.66. The van der Waals surface area contributed by atoms with Crippen LogP contribution in [0.25, 0.3) is 0 Å². The van der Waals surface area contributed by atoms with Crippen molar-refractivity contribution in [2.75, 3.05) is 0 Å². The Kier molecular flexibility index (Phi) is 5.03. The summed E-state index contributed by atoms with van der Waals surface area (Å²) in [5.74, 6) is 1.23.